The average molecular weight is 448 g/mol. The summed E-state index contributed by atoms with van der Waals surface area (Å²) in [5.41, 5.74) is 3.10. The molecule has 0 amide bonds. The molecule has 6 nitrogen and oxygen atoms in total. The minimum atomic E-state index is -3.79. The molecule has 4 rings (SSSR count). The van der Waals surface area contributed by atoms with Crippen molar-refractivity contribution < 1.29 is 8.42 Å². The second-order valence-corrected chi connectivity index (χ2v) is 9.90. The molecule has 0 saturated carbocycles. The lowest BCUT2D eigenvalue weighted by Gasteiger charge is -2.26. The molecule has 164 valence electrons. The number of hydrogen-bond donors (Lipinski definition) is 0. The Morgan fingerprint density at radius 1 is 0.906 bits per heavy atom. The molecule has 4 aromatic rings. The van der Waals surface area contributed by atoms with Crippen LogP contribution in [-0.4, -0.2) is 29.3 Å². The van der Waals surface area contributed by atoms with Crippen LogP contribution in [0.25, 0.3) is 16.6 Å². The highest BCUT2D eigenvalue weighted by molar-refractivity contribution is 7.89. The quantitative estimate of drug-likeness (QED) is 0.455. The number of hydrogen-bond acceptors (Lipinski definition) is 4. The number of para-hydroxylation sites is 1. The van der Waals surface area contributed by atoms with Gasteiger partial charge in [-0.15, -0.1) is 0 Å². The molecular weight excluding hydrogens is 422 g/mol. The summed E-state index contributed by atoms with van der Waals surface area (Å²) >= 11 is 0. The molecule has 0 spiro atoms. The fourth-order valence-corrected chi connectivity index (χ4v) is 5.02. The van der Waals surface area contributed by atoms with Gasteiger partial charge >= 0.3 is 0 Å². The molecule has 0 radical (unpaired) electrons. The van der Waals surface area contributed by atoms with Crippen molar-refractivity contribution in [3.8, 4) is 5.69 Å². The molecule has 0 N–H and O–H groups in total. The van der Waals surface area contributed by atoms with Crippen LogP contribution in [0, 0.1) is 13.8 Å². The van der Waals surface area contributed by atoms with Crippen molar-refractivity contribution in [2.24, 2.45) is 0 Å². The van der Waals surface area contributed by atoms with Crippen molar-refractivity contribution in [2.75, 3.05) is 7.05 Å². The van der Waals surface area contributed by atoms with Crippen LogP contribution in [0.1, 0.15) is 29.9 Å². The van der Waals surface area contributed by atoms with Crippen LogP contribution in [-0.2, 0) is 10.0 Å². The van der Waals surface area contributed by atoms with E-state index in [1.54, 1.807) is 55.5 Å². The molecule has 7 heteroatoms. The van der Waals surface area contributed by atoms with Gasteiger partial charge < -0.3 is 0 Å². The molecule has 32 heavy (non-hydrogen) atoms. The smallest absolute Gasteiger partial charge is 0.266 e. The van der Waals surface area contributed by atoms with E-state index in [0.717, 1.165) is 11.1 Å². The summed E-state index contributed by atoms with van der Waals surface area (Å²) in [6.07, 6.45) is 0. The van der Waals surface area contributed by atoms with Crippen LogP contribution in [0.5, 0.6) is 0 Å². The van der Waals surface area contributed by atoms with E-state index in [2.05, 4.69) is 0 Å². The highest BCUT2D eigenvalue weighted by atomic mass is 32.2. The Morgan fingerprint density at radius 2 is 1.56 bits per heavy atom. The van der Waals surface area contributed by atoms with E-state index in [1.807, 2.05) is 38.1 Å². The molecule has 1 heterocycles. The number of aryl methyl sites for hydroxylation is 2. The van der Waals surface area contributed by atoms with Crippen molar-refractivity contribution in [3.63, 3.8) is 0 Å². The van der Waals surface area contributed by atoms with Gasteiger partial charge in [-0.2, -0.15) is 4.31 Å². The van der Waals surface area contributed by atoms with Gasteiger partial charge in [0.15, 0.2) is 0 Å². The topological polar surface area (TPSA) is 72.3 Å². The summed E-state index contributed by atoms with van der Waals surface area (Å²) in [5.74, 6) is 0.360. The summed E-state index contributed by atoms with van der Waals surface area (Å²) in [5, 5.41) is 0.482. The van der Waals surface area contributed by atoms with E-state index in [9.17, 15) is 13.2 Å². The van der Waals surface area contributed by atoms with Crippen LogP contribution >= 0.6 is 0 Å². The monoisotopic (exact) mass is 447 g/mol. The third kappa shape index (κ3) is 3.74. The minimum absolute atomic E-state index is 0.190. The summed E-state index contributed by atoms with van der Waals surface area (Å²) in [6.45, 7) is 5.73. The number of nitrogens with zero attached hydrogens (tertiary/aromatic N) is 3. The number of sulfonamides is 1. The van der Waals surface area contributed by atoms with Crippen molar-refractivity contribution >= 4 is 20.9 Å². The molecule has 0 fully saturated rings. The second-order valence-electron chi connectivity index (χ2n) is 7.91. The largest absolute Gasteiger partial charge is 0.268 e. The van der Waals surface area contributed by atoms with Crippen LogP contribution < -0.4 is 5.56 Å². The first-order valence-electron chi connectivity index (χ1n) is 10.3. The Hall–Kier alpha value is -3.29. The van der Waals surface area contributed by atoms with Gasteiger partial charge in [-0.05, 0) is 68.3 Å². The third-order valence-corrected chi connectivity index (χ3v) is 7.83. The van der Waals surface area contributed by atoms with Gasteiger partial charge in [-0.1, -0.05) is 36.4 Å². The van der Waals surface area contributed by atoms with E-state index >= 15 is 0 Å². The van der Waals surface area contributed by atoms with Gasteiger partial charge in [-0.3, -0.25) is 9.36 Å². The van der Waals surface area contributed by atoms with Crippen molar-refractivity contribution in [1.82, 2.24) is 13.9 Å². The number of fused-ring (bicyclic) bond motifs is 1. The first-order valence-corrected chi connectivity index (χ1v) is 11.8. The summed E-state index contributed by atoms with van der Waals surface area (Å²) in [4.78, 5) is 18.5. The summed E-state index contributed by atoms with van der Waals surface area (Å²) < 4.78 is 29.3. The Balaban J connectivity index is 1.95. The van der Waals surface area contributed by atoms with E-state index in [0.29, 0.717) is 22.4 Å². The first kappa shape index (κ1) is 21.9. The Bertz CT molecular complexity index is 1460. The second kappa shape index (κ2) is 8.33. The van der Waals surface area contributed by atoms with Crippen LogP contribution in [0.4, 0.5) is 0 Å². The highest BCUT2D eigenvalue weighted by Gasteiger charge is 2.30. The van der Waals surface area contributed by atoms with Crippen molar-refractivity contribution in [3.05, 3.63) is 100 Å². The molecular formula is C25H25N3O3S. The summed E-state index contributed by atoms with van der Waals surface area (Å²) in [7, 11) is -2.28. The van der Waals surface area contributed by atoms with Gasteiger partial charge in [0.1, 0.15) is 5.82 Å². The van der Waals surface area contributed by atoms with Crippen LogP contribution in [0.15, 0.2) is 82.5 Å². The number of aromatic nitrogens is 2. The zero-order valence-corrected chi connectivity index (χ0v) is 19.3. The predicted molar refractivity (Wildman–Crippen MR) is 127 cm³/mol. The van der Waals surface area contributed by atoms with Crippen molar-refractivity contribution in [1.29, 1.82) is 0 Å². The van der Waals surface area contributed by atoms with E-state index in [1.165, 1.54) is 15.9 Å². The Morgan fingerprint density at radius 3 is 2.25 bits per heavy atom. The fraction of sp³-hybridized carbons (Fsp3) is 0.200. The van der Waals surface area contributed by atoms with E-state index in [-0.39, 0.29) is 10.5 Å². The number of rotatable bonds is 5. The predicted octanol–water partition coefficient (Wildman–Crippen LogP) is 4.38. The molecule has 0 aliphatic carbocycles. The van der Waals surface area contributed by atoms with Gasteiger partial charge in [0.25, 0.3) is 5.56 Å². The molecule has 0 aliphatic rings. The molecule has 0 saturated heterocycles. The zero-order chi connectivity index (χ0) is 23.0. The number of benzene rings is 3. The maximum atomic E-state index is 13.5. The lowest BCUT2D eigenvalue weighted by atomic mass is 10.1. The molecule has 1 aromatic heterocycles. The molecule has 1 atom stereocenters. The minimum Gasteiger partial charge on any atom is -0.268 e. The van der Waals surface area contributed by atoms with E-state index < -0.39 is 16.1 Å². The van der Waals surface area contributed by atoms with Gasteiger partial charge in [0.05, 0.1) is 27.5 Å². The normalized spacial score (nSPS) is 12.9. The molecule has 0 aliphatic heterocycles. The standard InChI is InChI=1S/C25H25N3O3S/c1-17-14-15-20(16-18(17)2)28-24(26-23-13-9-8-12-22(23)25(28)29)19(3)27(4)32(30,31)21-10-6-5-7-11-21/h5-16,19H,1-4H3. The maximum Gasteiger partial charge on any atom is 0.266 e. The van der Waals surface area contributed by atoms with Crippen molar-refractivity contribution in [2.45, 2.75) is 31.7 Å². The first-order chi connectivity index (χ1) is 15.2. The molecule has 0 bridgehead atoms. The van der Waals surface area contributed by atoms with Crippen LogP contribution in [0.3, 0.4) is 0 Å². The Labute approximate surface area is 187 Å². The lowest BCUT2D eigenvalue weighted by molar-refractivity contribution is 0.379. The van der Waals surface area contributed by atoms with Gasteiger partial charge in [-0.25, -0.2) is 13.4 Å². The summed E-state index contributed by atoms with van der Waals surface area (Å²) in [6, 6.07) is 20.4. The van der Waals surface area contributed by atoms with Crippen LogP contribution in [0.2, 0.25) is 0 Å². The van der Waals surface area contributed by atoms with Gasteiger partial charge in [0.2, 0.25) is 10.0 Å². The third-order valence-electron chi connectivity index (χ3n) is 5.89. The zero-order valence-electron chi connectivity index (χ0n) is 18.5. The van der Waals surface area contributed by atoms with Gasteiger partial charge in [0, 0.05) is 7.05 Å². The molecule has 3 aromatic carbocycles. The fourth-order valence-electron chi connectivity index (χ4n) is 3.67. The highest BCUT2D eigenvalue weighted by Crippen LogP contribution is 2.27. The SMILES string of the molecule is Cc1ccc(-n2c(C(C)N(C)S(=O)(=O)c3ccccc3)nc3ccccc3c2=O)cc1C. The maximum absolute atomic E-state index is 13.5. The lowest BCUT2D eigenvalue weighted by Crippen LogP contribution is -2.35. The van der Waals surface area contributed by atoms with E-state index in [4.69, 9.17) is 4.98 Å². The Kier molecular flexibility index (Phi) is 5.71. The molecule has 1 unspecified atom stereocenters. The average Bonchev–Trinajstić information content (AvgIpc) is 2.80.